The molecule has 0 bridgehead atoms. The SMILES string of the molecule is CCCCC/C=C\C/C=C\CCCCCCCCCCCC(=O)OCC(COC(=O)CCCCCCCC)OC(=O)CCCCCCCCCCC/C=C\C/C=C\CCCCC. The number of esters is 3. The smallest absolute Gasteiger partial charge is 0.306 e. The fourth-order valence-electron chi connectivity index (χ4n) is 7.50. The van der Waals surface area contributed by atoms with Crippen LogP contribution in [-0.4, -0.2) is 37.2 Å². The van der Waals surface area contributed by atoms with Gasteiger partial charge in [0.1, 0.15) is 13.2 Å². The van der Waals surface area contributed by atoms with Crippen LogP contribution in [0.15, 0.2) is 48.6 Å². The highest BCUT2D eigenvalue weighted by Crippen LogP contribution is 2.15. The van der Waals surface area contributed by atoms with Gasteiger partial charge in [0.05, 0.1) is 0 Å². The molecule has 0 spiro atoms. The van der Waals surface area contributed by atoms with Crippen LogP contribution in [0.1, 0.15) is 271 Å². The Labute approximate surface area is 384 Å². The molecule has 1 unspecified atom stereocenters. The second kappa shape index (κ2) is 51.0. The van der Waals surface area contributed by atoms with E-state index in [1.165, 1.54) is 161 Å². The van der Waals surface area contributed by atoms with Gasteiger partial charge >= 0.3 is 17.9 Å². The van der Waals surface area contributed by atoms with Crippen molar-refractivity contribution in [1.29, 1.82) is 0 Å². The first-order chi connectivity index (χ1) is 30.5. The number of rotatable bonds is 48. The van der Waals surface area contributed by atoms with E-state index in [1.807, 2.05) is 0 Å². The third kappa shape index (κ3) is 48.4. The van der Waals surface area contributed by atoms with Gasteiger partial charge in [0.25, 0.3) is 0 Å². The van der Waals surface area contributed by atoms with Crippen LogP contribution < -0.4 is 0 Å². The van der Waals surface area contributed by atoms with Crippen molar-refractivity contribution in [3.63, 3.8) is 0 Å². The minimum absolute atomic E-state index is 0.0753. The van der Waals surface area contributed by atoms with E-state index < -0.39 is 6.10 Å². The van der Waals surface area contributed by atoms with Crippen LogP contribution in [-0.2, 0) is 28.6 Å². The van der Waals surface area contributed by atoms with Crippen LogP contribution in [0, 0.1) is 0 Å². The summed E-state index contributed by atoms with van der Waals surface area (Å²) >= 11 is 0. The van der Waals surface area contributed by atoms with Crippen LogP contribution >= 0.6 is 0 Å². The van der Waals surface area contributed by atoms with Crippen molar-refractivity contribution >= 4 is 17.9 Å². The summed E-state index contributed by atoms with van der Waals surface area (Å²) in [7, 11) is 0. The van der Waals surface area contributed by atoms with Gasteiger partial charge < -0.3 is 14.2 Å². The van der Waals surface area contributed by atoms with Crippen LogP contribution in [0.4, 0.5) is 0 Å². The van der Waals surface area contributed by atoms with E-state index in [9.17, 15) is 14.4 Å². The third-order valence-corrected chi connectivity index (χ3v) is 11.6. The zero-order valence-corrected chi connectivity index (χ0v) is 41.1. The molecular weight excluding hydrogens is 769 g/mol. The molecule has 0 rings (SSSR count). The van der Waals surface area contributed by atoms with E-state index in [1.54, 1.807) is 0 Å². The van der Waals surface area contributed by atoms with Crippen molar-refractivity contribution in [3.05, 3.63) is 48.6 Å². The zero-order valence-electron chi connectivity index (χ0n) is 41.1. The molecule has 62 heavy (non-hydrogen) atoms. The van der Waals surface area contributed by atoms with Crippen molar-refractivity contribution in [1.82, 2.24) is 0 Å². The van der Waals surface area contributed by atoms with Gasteiger partial charge in [-0.1, -0.05) is 217 Å². The van der Waals surface area contributed by atoms with E-state index in [-0.39, 0.29) is 31.1 Å². The molecule has 0 aliphatic carbocycles. The monoisotopic (exact) mass is 869 g/mol. The molecule has 0 saturated heterocycles. The first kappa shape index (κ1) is 59.4. The summed E-state index contributed by atoms with van der Waals surface area (Å²) in [5.41, 5.74) is 0. The lowest BCUT2D eigenvalue weighted by atomic mass is 10.1. The van der Waals surface area contributed by atoms with Gasteiger partial charge in [0.2, 0.25) is 0 Å². The van der Waals surface area contributed by atoms with Crippen LogP contribution in [0.2, 0.25) is 0 Å². The van der Waals surface area contributed by atoms with Gasteiger partial charge in [0, 0.05) is 19.3 Å². The highest BCUT2D eigenvalue weighted by molar-refractivity contribution is 5.71. The number of allylic oxidation sites excluding steroid dienone is 8. The van der Waals surface area contributed by atoms with Crippen molar-refractivity contribution < 1.29 is 28.6 Å². The van der Waals surface area contributed by atoms with Gasteiger partial charge in [-0.15, -0.1) is 0 Å². The fraction of sp³-hybridized carbons (Fsp3) is 0.804. The Morgan fingerprint density at radius 1 is 0.323 bits per heavy atom. The Bertz CT molecular complexity index is 1090. The molecule has 0 aliphatic heterocycles. The Balaban J connectivity index is 4.19. The largest absolute Gasteiger partial charge is 0.462 e. The van der Waals surface area contributed by atoms with E-state index >= 15 is 0 Å². The van der Waals surface area contributed by atoms with E-state index in [2.05, 4.69) is 69.4 Å². The van der Waals surface area contributed by atoms with Crippen molar-refractivity contribution in [2.75, 3.05) is 13.2 Å². The van der Waals surface area contributed by atoms with Gasteiger partial charge in [-0.2, -0.15) is 0 Å². The Morgan fingerprint density at radius 3 is 0.919 bits per heavy atom. The molecule has 6 heteroatoms. The zero-order chi connectivity index (χ0) is 45.1. The first-order valence-corrected chi connectivity index (χ1v) is 26.6. The topological polar surface area (TPSA) is 78.9 Å². The van der Waals surface area contributed by atoms with Crippen LogP contribution in [0.5, 0.6) is 0 Å². The summed E-state index contributed by atoms with van der Waals surface area (Å²) in [6.07, 6.45) is 61.2. The summed E-state index contributed by atoms with van der Waals surface area (Å²) in [6.45, 7) is 6.54. The molecule has 0 fully saturated rings. The summed E-state index contributed by atoms with van der Waals surface area (Å²) in [4.78, 5) is 37.8. The molecule has 0 heterocycles. The number of ether oxygens (including phenoxy) is 3. The maximum absolute atomic E-state index is 12.8. The number of unbranched alkanes of at least 4 members (excludes halogenated alkanes) is 29. The molecule has 0 aromatic carbocycles. The van der Waals surface area contributed by atoms with Gasteiger partial charge in [0.15, 0.2) is 6.10 Å². The number of hydrogen-bond acceptors (Lipinski definition) is 6. The first-order valence-electron chi connectivity index (χ1n) is 26.6. The van der Waals surface area contributed by atoms with Crippen LogP contribution in [0.25, 0.3) is 0 Å². The number of carbonyl (C=O) groups excluding carboxylic acids is 3. The highest BCUT2D eigenvalue weighted by atomic mass is 16.6. The molecule has 0 radical (unpaired) electrons. The standard InChI is InChI=1S/C56H100O6/c1-4-7-10-13-16-18-20-22-24-26-28-30-32-34-36-38-40-43-46-49-55(58)61-52-53(51-60-54(57)48-45-42-15-12-9-6-3)62-56(59)50-47-44-41-39-37-35-33-31-29-27-25-23-21-19-17-14-11-8-5-2/h16-19,22-25,53H,4-15,20-21,26-52H2,1-3H3/b18-16-,19-17-,24-22-,25-23-. The quantitative estimate of drug-likeness (QED) is 0.0262. The average molecular weight is 869 g/mol. The summed E-state index contributed by atoms with van der Waals surface area (Å²) in [5, 5.41) is 0. The molecule has 0 amide bonds. The van der Waals surface area contributed by atoms with Gasteiger partial charge in [-0.25, -0.2) is 0 Å². The lowest BCUT2D eigenvalue weighted by Gasteiger charge is -2.18. The normalized spacial score (nSPS) is 12.4. The van der Waals surface area contributed by atoms with E-state index in [4.69, 9.17) is 14.2 Å². The fourth-order valence-corrected chi connectivity index (χ4v) is 7.50. The highest BCUT2D eigenvalue weighted by Gasteiger charge is 2.19. The number of hydrogen-bond donors (Lipinski definition) is 0. The van der Waals surface area contributed by atoms with Crippen molar-refractivity contribution in [2.24, 2.45) is 0 Å². The lowest BCUT2D eigenvalue weighted by molar-refractivity contribution is -0.167. The Hall–Kier alpha value is -2.63. The van der Waals surface area contributed by atoms with Gasteiger partial charge in [-0.05, 0) is 83.5 Å². The number of carbonyl (C=O) groups is 3. The molecule has 0 aromatic rings. The molecular formula is C56H100O6. The lowest BCUT2D eigenvalue weighted by Crippen LogP contribution is -2.30. The molecule has 360 valence electrons. The average Bonchev–Trinajstić information content (AvgIpc) is 3.27. The predicted molar refractivity (Wildman–Crippen MR) is 265 cm³/mol. The summed E-state index contributed by atoms with van der Waals surface area (Å²) in [5.74, 6) is -0.886. The maximum Gasteiger partial charge on any atom is 0.306 e. The Morgan fingerprint density at radius 2 is 0.581 bits per heavy atom. The minimum atomic E-state index is -0.772. The van der Waals surface area contributed by atoms with E-state index in [0.717, 1.165) is 70.6 Å². The Kier molecular flexibility index (Phi) is 48.8. The molecule has 0 saturated carbocycles. The van der Waals surface area contributed by atoms with Crippen LogP contribution in [0.3, 0.4) is 0 Å². The second-order valence-electron chi connectivity index (χ2n) is 17.8. The third-order valence-electron chi connectivity index (χ3n) is 11.6. The minimum Gasteiger partial charge on any atom is -0.462 e. The summed E-state index contributed by atoms with van der Waals surface area (Å²) < 4.78 is 16.7. The predicted octanol–water partition coefficient (Wildman–Crippen LogP) is 17.5. The molecule has 6 nitrogen and oxygen atoms in total. The molecule has 0 N–H and O–H groups in total. The molecule has 0 aliphatic rings. The van der Waals surface area contributed by atoms with E-state index in [0.29, 0.717) is 19.3 Å². The van der Waals surface area contributed by atoms with Crippen molar-refractivity contribution in [3.8, 4) is 0 Å². The molecule has 0 aromatic heterocycles. The second-order valence-corrected chi connectivity index (χ2v) is 17.8. The summed E-state index contributed by atoms with van der Waals surface area (Å²) in [6, 6.07) is 0. The maximum atomic E-state index is 12.8. The van der Waals surface area contributed by atoms with Gasteiger partial charge in [-0.3, -0.25) is 14.4 Å². The molecule has 1 atom stereocenters. The van der Waals surface area contributed by atoms with Crippen molar-refractivity contribution in [2.45, 2.75) is 277 Å².